The van der Waals surface area contributed by atoms with Crippen LogP contribution >= 0.6 is 12.2 Å². The number of thiocarbonyl (C=S) groups is 1. The summed E-state index contributed by atoms with van der Waals surface area (Å²) in [6.07, 6.45) is 1.18. The molecule has 98 valence electrons. The van der Waals surface area contributed by atoms with Crippen LogP contribution in [0.3, 0.4) is 0 Å². The van der Waals surface area contributed by atoms with Crippen LogP contribution in [0.2, 0.25) is 0 Å². The molecule has 0 aliphatic carbocycles. The summed E-state index contributed by atoms with van der Waals surface area (Å²) in [6, 6.07) is 5.37. The van der Waals surface area contributed by atoms with Crippen LogP contribution in [0.5, 0.6) is 0 Å². The van der Waals surface area contributed by atoms with Crippen molar-refractivity contribution in [2.45, 2.75) is 32.9 Å². The Morgan fingerprint density at radius 1 is 1.50 bits per heavy atom. The standard InChI is InChI=1S/C14H19FN2S/c1-9-5-10(2)17(7-9)8-12-6-11(14(16)18)3-4-13(12)15/h3-4,6,9-10H,5,7-8H2,1-2H3,(H2,16,18). The molecule has 2 nitrogen and oxygen atoms in total. The van der Waals surface area contributed by atoms with Crippen molar-refractivity contribution in [3.8, 4) is 0 Å². The van der Waals surface area contributed by atoms with Gasteiger partial charge in [0.25, 0.3) is 0 Å². The Labute approximate surface area is 113 Å². The van der Waals surface area contributed by atoms with Crippen molar-refractivity contribution in [3.63, 3.8) is 0 Å². The summed E-state index contributed by atoms with van der Waals surface area (Å²) >= 11 is 4.93. The lowest BCUT2D eigenvalue weighted by Crippen LogP contribution is -2.27. The normalized spacial score (nSPS) is 24.4. The number of rotatable bonds is 3. The second-order valence-electron chi connectivity index (χ2n) is 5.29. The van der Waals surface area contributed by atoms with Gasteiger partial charge in [-0.15, -0.1) is 0 Å². The first-order valence-electron chi connectivity index (χ1n) is 6.29. The molecule has 1 saturated heterocycles. The van der Waals surface area contributed by atoms with Crippen LogP contribution in [0, 0.1) is 11.7 Å². The van der Waals surface area contributed by atoms with Crippen LogP contribution in [-0.4, -0.2) is 22.5 Å². The number of hydrogen-bond acceptors (Lipinski definition) is 2. The summed E-state index contributed by atoms with van der Waals surface area (Å²) in [5.74, 6) is 0.503. The van der Waals surface area contributed by atoms with Gasteiger partial charge in [-0.3, -0.25) is 4.90 Å². The largest absolute Gasteiger partial charge is 0.389 e. The van der Waals surface area contributed by atoms with Gasteiger partial charge in [-0.05, 0) is 37.5 Å². The van der Waals surface area contributed by atoms with Gasteiger partial charge in [0.05, 0.1) is 0 Å². The zero-order valence-corrected chi connectivity index (χ0v) is 11.6. The molecule has 2 N–H and O–H groups in total. The van der Waals surface area contributed by atoms with Gasteiger partial charge in [0.1, 0.15) is 10.8 Å². The van der Waals surface area contributed by atoms with E-state index in [0.29, 0.717) is 29.1 Å². The maximum Gasteiger partial charge on any atom is 0.127 e. The molecule has 4 heteroatoms. The van der Waals surface area contributed by atoms with E-state index in [9.17, 15) is 4.39 Å². The van der Waals surface area contributed by atoms with Gasteiger partial charge < -0.3 is 5.73 Å². The molecule has 0 radical (unpaired) electrons. The highest BCUT2D eigenvalue weighted by Gasteiger charge is 2.26. The van der Waals surface area contributed by atoms with E-state index in [-0.39, 0.29) is 5.82 Å². The summed E-state index contributed by atoms with van der Waals surface area (Å²) in [5, 5.41) is 0. The third-order valence-electron chi connectivity index (χ3n) is 3.62. The Morgan fingerprint density at radius 3 is 2.78 bits per heavy atom. The molecule has 1 aromatic rings. The molecule has 0 bridgehead atoms. The van der Waals surface area contributed by atoms with E-state index in [1.807, 2.05) is 0 Å². The molecule has 1 aliphatic heterocycles. The fourth-order valence-corrected chi connectivity index (χ4v) is 2.80. The van der Waals surface area contributed by atoms with Crippen LogP contribution in [0.4, 0.5) is 4.39 Å². The summed E-state index contributed by atoms with van der Waals surface area (Å²) in [5.41, 5.74) is 7.00. The van der Waals surface area contributed by atoms with Crippen molar-refractivity contribution in [3.05, 3.63) is 35.1 Å². The molecule has 1 fully saturated rings. The molecule has 2 rings (SSSR count). The van der Waals surface area contributed by atoms with Gasteiger partial charge in [-0.2, -0.15) is 0 Å². The minimum Gasteiger partial charge on any atom is -0.389 e. The highest BCUT2D eigenvalue weighted by atomic mass is 32.1. The molecule has 2 unspecified atom stereocenters. The van der Waals surface area contributed by atoms with Crippen LogP contribution in [-0.2, 0) is 6.54 Å². The van der Waals surface area contributed by atoms with Crippen LogP contribution in [0.25, 0.3) is 0 Å². The Bertz CT molecular complexity index is 461. The van der Waals surface area contributed by atoms with E-state index >= 15 is 0 Å². The first-order valence-corrected chi connectivity index (χ1v) is 6.70. The summed E-state index contributed by atoms with van der Waals surface area (Å²) in [6.45, 7) is 6.09. The summed E-state index contributed by atoms with van der Waals surface area (Å²) in [7, 11) is 0. The summed E-state index contributed by atoms with van der Waals surface area (Å²) in [4.78, 5) is 2.63. The Kier molecular flexibility index (Phi) is 3.97. The van der Waals surface area contributed by atoms with Gasteiger partial charge in [-0.1, -0.05) is 19.1 Å². The third-order valence-corrected chi connectivity index (χ3v) is 3.85. The first kappa shape index (κ1) is 13.4. The highest BCUT2D eigenvalue weighted by molar-refractivity contribution is 7.80. The molecule has 18 heavy (non-hydrogen) atoms. The van der Waals surface area contributed by atoms with E-state index in [0.717, 1.165) is 12.1 Å². The number of halogens is 1. The SMILES string of the molecule is CC1CC(C)N(Cc2cc(C(N)=S)ccc2F)C1. The molecule has 1 aromatic carbocycles. The van der Waals surface area contributed by atoms with Gasteiger partial charge in [0.2, 0.25) is 0 Å². The number of likely N-dealkylation sites (tertiary alicyclic amines) is 1. The van der Waals surface area contributed by atoms with E-state index in [4.69, 9.17) is 18.0 Å². The van der Waals surface area contributed by atoms with Crippen LogP contribution < -0.4 is 5.73 Å². The lowest BCUT2D eigenvalue weighted by Gasteiger charge is -2.21. The fourth-order valence-electron chi connectivity index (χ4n) is 2.67. The number of nitrogens with zero attached hydrogens (tertiary/aromatic N) is 1. The van der Waals surface area contributed by atoms with Gasteiger partial charge in [0, 0.05) is 30.3 Å². The highest BCUT2D eigenvalue weighted by Crippen LogP contribution is 2.25. The van der Waals surface area contributed by atoms with Crippen molar-refractivity contribution < 1.29 is 4.39 Å². The van der Waals surface area contributed by atoms with Crippen LogP contribution in [0.15, 0.2) is 18.2 Å². The zero-order chi connectivity index (χ0) is 13.3. The molecule has 0 spiro atoms. The molecule has 0 saturated carbocycles. The topological polar surface area (TPSA) is 29.3 Å². The monoisotopic (exact) mass is 266 g/mol. The fraction of sp³-hybridized carbons (Fsp3) is 0.500. The first-order chi connectivity index (χ1) is 8.47. The van der Waals surface area contributed by atoms with Crippen LogP contribution in [0.1, 0.15) is 31.4 Å². The maximum absolute atomic E-state index is 13.8. The zero-order valence-electron chi connectivity index (χ0n) is 10.8. The predicted octanol–water partition coefficient (Wildman–Crippen LogP) is 2.69. The van der Waals surface area contributed by atoms with Crippen molar-refractivity contribution in [1.82, 2.24) is 4.90 Å². The lowest BCUT2D eigenvalue weighted by atomic mass is 10.1. The number of nitrogens with two attached hydrogens (primary N) is 1. The number of benzene rings is 1. The predicted molar refractivity (Wildman–Crippen MR) is 75.9 cm³/mol. The molecule has 1 aliphatic rings. The third kappa shape index (κ3) is 2.87. The minimum atomic E-state index is -0.179. The Morgan fingerprint density at radius 2 is 2.22 bits per heavy atom. The van der Waals surface area contributed by atoms with Crippen molar-refractivity contribution in [2.75, 3.05) is 6.54 Å². The average Bonchev–Trinajstić information content (AvgIpc) is 2.60. The maximum atomic E-state index is 13.8. The average molecular weight is 266 g/mol. The quantitative estimate of drug-likeness (QED) is 0.853. The van der Waals surface area contributed by atoms with Gasteiger partial charge in [0.15, 0.2) is 0 Å². The molecule has 0 aromatic heterocycles. The van der Waals surface area contributed by atoms with Gasteiger partial charge in [-0.25, -0.2) is 4.39 Å². The van der Waals surface area contributed by atoms with E-state index in [2.05, 4.69) is 18.7 Å². The van der Waals surface area contributed by atoms with E-state index < -0.39 is 0 Å². The second-order valence-corrected chi connectivity index (χ2v) is 5.73. The van der Waals surface area contributed by atoms with Crippen molar-refractivity contribution in [1.29, 1.82) is 0 Å². The van der Waals surface area contributed by atoms with E-state index in [1.54, 1.807) is 12.1 Å². The van der Waals surface area contributed by atoms with Crippen molar-refractivity contribution >= 4 is 17.2 Å². The lowest BCUT2D eigenvalue weighted by molar-refractivity contribution is 0.253. The van der Waals surface area contributed by atoms with Gasteiger partial charge >= 0.3 is 0 Å². The molecule has 0 amide bonds. The van der Waals surface area contributed by atoms with Crippen molar-refractivity contribution in [2.24, 2.45) is 11.7 Å². The summed E-state index contributed by atoms with van der Waals surface area (Å²) < 4.78 is 13.8. The minimum absolute atomic E-state index is 0.179. The molecule has 1 heterocycles. The van der Waals surface area contributed by atoms with E-state index in [1.165, 1.54) is 12.5 Å². The molecule has 2 atom stereocenters. The Hall–Kier alpha value is -1.00. The Balaban J connectivity index is 2.18. The second kappa shape index (κ2) is 5.33. The number of hydrogen-bond donors (Lipinski definition) is 1. The smallest absolute Gasteiger partial charge is 0.127 e. The molecular formula is C14H19FN2S. The molecular weight excluding hydrogens is 247 g/mol.